The van der Waals surface area contributed by atoms with Gasteiger partial charge in [0, 0.05) is 12.6 Å². The Hall–Kier alpha value is -1.39. The molecule has 0 fully saturated rings. The van der Waals surface area contributed by atoms with Gasteiger partial charge in [-0.2, -0.15) is 0 Å². The molecule has 0 aromatic heterocycles. The van der Waals surface area contributed by atoms with E-state index in [0.717, 1.165) is 5.56 Å². The highest BCUT2D eigenvalue weighted by Gasteiger charge is 2.14. The zero-order chi connectivity index (χ0) is 15.2. The maximum atomic E-state index is 13.3. The van der Waals surface area contributed by atoms with Crippen molar-refractivity contribution in [2.75, 3.05) is 6.54 Å². The number of hydrogen-bond donors (Lipinski definition) is 1. The molecule has 4 heteroatoms. The molecule has 0 heterocycles. The predicted octanol–water partition coefficient (Wildman–Crippen LogP) is 4.71. The SMILES string of the molecule is CC(C)NCC(Oc1ccc(F)c(Br)c1)c1ccccc1. The molecule has 0 aliphatic rings. The number of halogens is 2. The van der Waals surface area contributed by atoms with E-state index in [2.05, 4.69) is 35.1 Å². The van der Waals surface area contributed by atoms with E-state index in [4.69, 9.17) is 4.74 Å². The largest absolute Gasteiger partial charge is 0.484 e. The predicted molar refractivity (Wildman–Crippen MR) is 87.0 cm³/mol. The van der Waals surface area contributed by atoms with Crippen LogP contribution in [-0.2, 0) is 0 Å². The molecule has 0 spiro atoms. The van der Waals surface area contributed by atoms with Crippen molar-refractivity contribution in [3.8, 4) is 5.75 Å². The second kappa shape index (κ2) is 7.57. The zero-order valence-electron chi connectivity index (χ0n) is 12.1. The Morgan fingerprint density at radius 1 is 1.14 bits per heavy atom. The van der Waals surface area contributed by atoms with Crippen LogP contribution in [0, 0.1) is 5.82 Å². The number of benzene rings is 2. The van der Waals surface area contributed by atoms with Gasteiger partial charge in [-0.3, -0.25) is 0 Å². The lowest BCUT2D eigenvalue weighted by Gasteiger charge is -2.21. The highest BCUT2D eigenvalue weighted by atomic mass is 79.9. The Morgan fingerprint density at radius 3 is 2.48 bits per heavy atom. The fraction of sp³-hybridized carbons (Fsp3) is 0.294. The van der Waals surface area contributed by atoms with Crippen LogP contribution in [0.15, 0.2) is 53.0 Å². The molecule has 112 valence electrons. The fourth-order valence-electron chi connectivity index (χ4n) is 1.95. The average Bonchev–Trinajstić information content (AvgIpc) is 2.48. The minimum absolute atomic E-state index is 0.119. The summed E-state index contributed by atoms with van der Waals surface area (Å²) in [6.07, 6.45) is -0.119. The van der Waals surface area contributed by atoms with E-state index in [1.165, 1.54) is 6.07 Å². The number of rotatable bonds is 6. The van der Waals surface area contributed by atoms with Gasteiger partial charge in [-0.25, -0.2) is 4.39 Å². The van der Waals surface area contributed by atoms with Gasteiger partial charge in [-0.15, -0.1) is 0 Å². The standard InChI is InChI=1S/C17H19BrFNO/c1-12(2)20-11-17(13-6-4-3-5-7-13)21-14-8-9-16(19)15(18)10-14/h3-10,12,17,20H,11H2,1-2H3. The third-order valence-electron chi connectivity index (χ3n) is 3.05. The van der Waals surface area contributed by atoms with Gasteiger partial charge in [-0.05, 0) is 39.7 Å². The van der Waals surface area contributed by atoms with Gasteiger partial charge in [0.15, 0.2) is 0 Å². The lowest BCUT2D eigenvalue weighted by atomic mass is 10.1. The van der Waals surface area contributed by atoms with Crippen LogP contribution in [0.3, 0.4) is 0 Å². The van der Waals surface area contributed by atoms with Crippen molar-refractivity contribution in [2.45, 2.75) is 26.0 Å². The molecule has 2 aromatic carbocycles. The maximum Gasteiger partial charge on any atom is 0.137 e. The zero-order valence-corrected chi connectivity index (χ0v) is 13.7. The number of hydrogen-bond acceptors (Lipinski definition) is 2. The molecule has 2 rings (SSSR count). The van der Waals surface area contributed by atoms with Crippen molar-refractivity contribution >= 4 is 15.9 Å². The molecule has 0 aliphatic heterocycles. The van der Waals surface area contributed by atoms with Crippen LogP contribution < -0.4 is 10.1 Å². The summed E-state index contributed by atoms with van der Waals surface area (Å²) >= 11 is 3.18. The molecule has 0 saturated heterocycles. The van der Waals surface area contributed by atoms with Gasteiger partial charge in [0.2, 0.25) is 0 Å². The Labute approximate surface area is 133 Å². The van der Waals surface area contributed by atoms with E-state index >= 15 is 0 Å². The van der Waals surface area contributed by atoms with Crippen molar-refractivity contribution in [2.24, 2.45) is 0 Å². The summed E-state index contributed by atoms with van der Waals surface area (Å²) in [6.45, 7) is 4.88. The Bertz CT molecular complexity index is 574. The van der Waals surface area contributed by atoms with E-state index in [-0.39, 0.29) is 11.9 Å². The van der Waals surface area contributed by atoms with Crippen molar-refractivity contribution in [1.82, 2.24) is 5.32 Å². The first kappa shape index (κ1) is 16.0. The summed E-state index contributed by atoms with van der Waals surface area (Å²) in [5, 5.41) is 3.38. The molecular formula is C17H19BrFNO. The van der Waals surface area contributed by atoms with Gasteiger partial charge in [0.25, 0.3) is 0 Å². The summed E-state index contributed by atoms with van der Waals surface area (Å²) < 4.78 is 19.7. The third-order valence-corrected chi connectivity index (χ3v) is 3.66. The normalized spacial score (nSPS) is 12.4. The molecule has 1 atom stereocenters. The van der Waals surface area contributed by atoms with Crippen molar-refractivity contribution < 1.29 is 9.13 Å². The van der Waals surface area contributed by atoms with Crippen LogP contribution in [-0.4, -0.2) is 12.6 Å². The number of ether oxygens (including phenoxy) is 1. The fourth-order valence-corrected chi connectivity index (χ4v) is 2.31. The first-order valence-corrected chi connectivity index (χ1v) is 7.75. The van der Waals surface area contributed by atoms with Crippen LogP contribution in [0.25, 0.3) is 0 Å². The second-order valence-electron chi connectivity index (χ2n) is 5.16. The Morgan fingerprint density at radius 2 is 1.86 bits per heavy atom. The van der Waals surface area contributed by atoms with Crippen LogP contribution in [0.1, 0.15) is 25.5 Å². The molecule has 2 aromatic rings. The monoisotopic (exact) mass is 351 g/mol. The van der Waals surface area contributed by atoms with Gasteiger partial charge in [0.1, 0.15) is 17.7 Å². The third kappa shape index (κ3) is 4.83. The molecular weight excluding hydrogens is 333 g/mol. The van der Waals surface area contributed by atoms with Crippen LogP contribution >= 0.6 is 15.9 Å². The molecule has 1 unspecified atom stereocenters. The minimum atomic E-state index is -0.293. The topological polar surface area (TPSA) is 21.3 Å². The number of nitrogens with one attached hydrogen (secondary N) is 1. The molecule has 0 aliphatic carbocycles. The summed E-state index contributed by atoms with van der Waals surface area (Å²) in [5.41, 5.74) is 1.09. The first-order chi connectivity index (χ1) is 10.1. The second-order valence-corrected chi connectivity index (χ2v) is 6.01. The summed E-state index contributed by atoms with van der Waals surface area (Å²) in [4.78, 5) is 0. The Kier molecular flexibility index (Phi) is 5.76. The molecule has 1 N–H and O–H groups in total. The van der Waals surface area contributed by atoms with Crippen LogP contribution in [0.5, 0.6) is 5.75 Å². The lowest BCUT2D eigenvalue weighted by molar-refractivity contribution is 0.198. The van der Waals surface area contributed by atoms with E-state index < -0.39 is 0 Å². The lowest BCUT2D eigenvalue weighted by Crippen LogP contribution is -2.30. The highest BCUT2D eigenvalue weighted by molar-refractivity contribution is 9.10. The average molecular weight is 352 g/mol. The van der Waals surface area contributed by atoms with E-state index in [9.17, 15) is 4.39 Å². The summed E-state index contributed by atoms with van der Waals surface area (Å²) in [7, 11) is 0. The van der Waals surface area contributed by atoms with Crippen molar-refractivity contribution in [1.29, 1.82) is 0 Å². The Balaban J connectivity index is 2.17. The molecule has 0 bridgehead atoms. The molecule has 21 heavy (non-hydrogen) atoms. The van der Waals surface area contributed by atoms with E-state index in [1.54, 1.807) is 12.1 Å². The quantitative estimate of drug-likeness (QED) is 0.813. The maximum absolute atomic E-state index is 13.3. The highest BCUT2D eigenvalue weighted by Crippen LogP contribution is 2.26. The van der Waals surface area contributed by atoms with Gasteiger partial charge in [0.05, 0.1) is 4.47 Å². The van der Waals surface area contributed by atoms with Gasteiger partial charge < -0.3 is 10.1 Å². The summed E-state index contributed by atoms with van der Waals surface area (Å²) in [5.74, 6) is 0.349. The minimum Gasteiger partial charge on any atom is -0.484 e. The van der Waals surface area contributed by atoms with Gasteiger partial charge >= 0.3 is 0 Å². The smallest absolute Gasteiger partial charge is 0.137 e. The molecule has 0 radical (unpaired) electrons. The van der Waals surface area contributed by atoms with E-state index in [1.807, 2.05) is 30.3 Å². The molecule has 2 nitrogen and oxygen atoms in total. The van der Waals surface area contributed by atoms with Gasteiger partial charge in [-0.1, -0.05) is 44.2 Å². The van der Waals surface area contributed by atoms with Crippen molar-refractivity contribution in [3.05, 3.63) is 64.4 Å². The first-order valence-electron chi connectivity index (χ1n) is 6.96. The van der Waals surface area contributed by atoms with Crippen molar-refractivity contribution in [3.63, 3.8) is 0 Å². The van der Waals surface area contributed by atoms with Crippen LogP contribution in [0.2, 0.25) is 0 Å². The summed E-state index contributed by atoms with van der Waals surface area (Å²) in [6, 6.07) is 15.1. The molecule has 0 amide bonds. The molecule has 0 saturated carbocycles. The van der Waals surface area contributed by atoms with Crippen LogP contribution in [0.4, 0.5) is 4.39 Å². The van der Waals surface area contributed by atoms with E-state index in [0.29, 0.717) is 22.8 Å².